The Morgan fingerprint density at radius 1 is 1.24 bits per heavy atom. The predicted molar refractivity (Wildman–Crippen MR) is 136 cm³/mol. The molecule has 0 aliphatic carbocycles. The minimum atomic E-state index is -0.0828. The van der Waals surface area contributed by atoms with Crippen molar-refractivity contribution >= 4 is 39.2 Å². The fraction of sp³-hybridized carbons (Fsp3) is 0.333. The number of carbonyl (C=O) groups is 1. The molecule has 34 heavy (non-hydrogen) atoms. The molecule has 0 fully saturated rings. The van der Waals surface area contributed by atoms with Crippen LogP contribution in [0.15, 0.2) is 52.7 Å². The van der Waals surface area contributed by atoms with E-state index in [0.29, 0.717) is 35.1 Å². The summed E-state index contributed by atoms with van der Waals surface area (Å²) in [7, 11) is 3.37. The summed E-state index contributed by atoms with van der Waals surface area (Å²) in [6.45, 7) is 5.16. The molecule has 0 bridgehead atoms. The smallest absolute Gasteiger partial charge is 0.263 e. The first-order valence-corrected chi connectivity index (χ1v) is 12.6. The largest absolute Gasteiger partial charge is 0.383 e. The Morgan fingerprint density at radius 2 is 2.00 bits per heavy atom. The van der Waals surface area contributed by atoms with Crippen LogP contribution in [0.3, 0.4) is 0 Å². The van der Waals surface area contributed by atoms with Crippen molar-refractivity contribution in [1.29, 1.82) is 0 Å². The third kappa shape index (κ3) is 5.08. The van der Waals surface area contributed by atoms with E-state index in [4.69, 9.17) is 9.72 Å². The van der Waals surface area contributed by atoms with Gasteiger partial charge in [-0.15, -0.1) is 11.3 Å². The summed E-state index contributed by atoms with van der Waals surface area (Å²) < 4.78 is 8.60. The lowest BCUT2D eigenvalue weighted by Gasteiger charge is -2.17. The van der Waals surface area contributed by atoms with E-state index in [9.17, 15) is 9.59 Å². The maximum Gasteiger partial charge on any atom is 0.263 e. The van der Waals surface area contributed by atoms with Gasteiger partial charge in [-0.3, -0.25) is 14.2 Å². The van der Waals surface area contributed by atoms with Gasteiger partial charge in [-0.05, 0) is 31.5 Å². The van der Waals surface area contributed by atoms with Crippen molar-refractivity contribution < 1.29 is 9.53 Å². The number of fused-ring (bicyclic) bond motifs is 1. The zero-order valence-corrected chi connectivity index (χ0v) is 21.3. The number of methoxy groups -OCH3 is 1. The molecule has 0 spiro atoms. The number of amides is 1. The molecule has 0 radical (unpaired) electrons. The molecule has 0 saturated heterocycles. The maximum absolute atomic E-state index is 13.2. The normalized spacial score (nSPS) is 11.3. The minimum absolute atomic E-state index is 0.0522. The molecule has 1 aromatic carbocycles. The number of thiophene rings is 1. The van der Waals surface area contributed by atoms with Gasteiger partial charge in [-0.1, -0.05) is 30.0 Å². The molecule has 0 saturated carbocycles. The van der Waals surface area contributed by atoms with Gasteiger partial charge in [0, 0.05) is 37.3 Å². The summed E-state index contributed by atoms with van der Waals surface area (Å²) in [6.07, 6.45) is 3.69. The molecule has 1 amide bonds. The highest BCUT2D eigenvalue weighted by molar-refractivity contribution is 7.99. The van der Waals surface area contributed by atoms with Crippen LogP contribution in [0.25, 0.3) is 15.9 Å². The van der Waals surface area contributed by atoms with Crippen LogP contribution >= 0.6 is 23.1 Å². The molecule has 178 valence electrons. The lowest BCUT2D eigenvalue weighted by atomic mass is 10.2. The summed E-state index contributed by atoms with van der Waals surface area (Å²) in [4.78, 5) is 34.2. The molecular weight excluding hydrogens is 470 g/mol. The minimum Gasteiger partial charge on any atom is -0.383 e. The van der Waals surface area contributed by atoms with Crippen LogP contribution in [0.5, 0.6) is 0 Å². The fourth-order valence-electron chi connectivity index (χ4n) is 3.56. The van der Waals surface area contributed by atoms with E-state index >= 15 is 0 Å². The number of para-hydroxylation sites is 1. The standard InChI is InChI=1S/C24H27N5O3S2/c1-16-17(2)34-22-21(16)23(31)28(10-11-32-4)24(26-22)33-15-20(30)27(3)13-18-12-25-29(14-18)19-8-6-5-7-9-19/h5-9,12,14H,10-11,13,15H2,1-4H3. The zero-order chi connectivity index (χ0) is 24.2. The SMILES string of the molecule is COCCn1c(SCC(=O)N(C)Cc2cnn(-c3ccccc3)c2)nc2sc(C)c(C)c2c1=O. The molecule has 0 atom stereocenters. The number of rotatable bonds is 9. The highest BCUT2D eigenvalue weighted by Crippen LogP contribution is 2.28. The van der Waals surface area contributed by atoms with E-state index in [-0.39, 0.29) is 17.2 Å². The van der Waals surface area contributed by atoms with Crippen molar-refractivity contribution in [1.82, 2.24) is 24.2 Å². The number of aryl methyl sites for hydroxylation is 2. The number of hydrogen-bond donors (Lipinski definition) is 0. The van der Waals surface area contributed by atoms with Crippen LogP contribution in [0.1, 0.15) is 16.0 Å². The first-order valence-electron chi connectivity index (χ1n) is 10.8. The van der Waals surface area contributed by atoms with Crippen LogP contribution in [0.2, 0.25) is 0 Å². The molecule has 10 heteroatoms. The Bertz CT molecular complexity index is 1360. The highest BCUT2D eigenvalue weighted by atomic mass is 32.2. The van der Waals surface area contributed by atoms with Gasteiger partial charge in [-0.2, -0.15) is 5.10 Å². The third-order valence-corrected chi connectivity index (χ3v) is 7.66. The number of carbonyl (C=O) groups excluding carboxylic acids is 1. The number of hydrogen-bond acceptors (Lipinski definition) is 7. The van der Waals surface area contributed by atoms with E-state index in [1.165, 1.54) is 23.1 Å². The zero-order valence-electron chi connectivity index (χ0n) is 19.6. The molecule has 3 heterocycles. The topological polar surface area (TPSA) is 82.2 Å². The van der Waals surface area contributed by atoms with Gasteiger partial charge in [0.2, 0.25) is 5.91 Å². The second-order valence-corrected chi connectivity index (χ2v) is 10.1. The van der Waals surface area contributed by atoms with Crippen molar-refractivity contribution in [3.63, 3.8) is 0 Å². The summed E-state index contributed by atoms with van der Waals surface area (Å²) >= 11 is 2.79. The van der Waals surface area contributed by atoms with E-state index in [1.807, 2.05) is 50.4 Å². The van der Waals surface area contributed by atoms with Gasteiger partial charge >= 0.3 is 0 Å². The van der Waals surface area contributed by atoms with Gasteiger partial charge in [0.25, 0.3) is 5.56 Å². The van der Waals surface area contributed by atoms with Gasteiger partial charge in [0.05, 0.1) is 36.2 Å². The molecule has 0 aliphatic heterocycles. The molecule has 8 nitrogen and oxygen atoms in total. The van der Waals surface area contributed by atoms with E-state index < -0.39 is 0 Å². The average Bonchev–Trinajstić information content (AvgIpc) is 3.41. The third-order valence-electron chi connectivity index (χ3n) is 5.60. The van der Waals surface area contributed by atoms with Crippen LogP contribution in [0, 0.1) is 13.8 Å². The molecule has 3 aromatic heterocycles. The second-order valence-electron chi connectivity index (χ2n) is 7.97. The predicted octanol–water partition coefficient (Wildman–Crippen LogP) is 3.66. The Kier molecular flexibility index (Phi) is 7.50. The Morgan fingerprint density at radius 3 is 2.74 bits per heavy atom. The van der Waals surface area contributed by atoms with Crippen LogP contribution in [0.4, 0.5) is 0 Å². The van der Waals surface area contributed by atoms with Crippen molar-refractivity contribution in [2.24, 2.45) is 0 Å². The Balaban J connectivity index is 1.47. The van der Waals surface area contributed by atoms with Gasteiger partial charge in [0.15, 0.2) is 5.16 Å². The summed E-state index contributed by atoms with van der Waals surface area (Å²) in [5.41, 5.74) is 2.78. The number of benzene rings is 1. The molecule has 0 N–H and O–H groups in total. The Hall–Kier alpha value is -2.95. The summed E-state index contributed by atoms with van der Waals surface area (Å²) in [5, 5.41) is 5.59. The van der Waals surface area contributed by atoms with E-state index in [0.717, 1.165) is 21.7 Å². The van der Waals surface area contributed by atoms with Crippen LogP contribution in [-0.4, -0.2) is 56.7 Å². The number of ether oxygens (including phenoxy) is 1. The van der Waals surface area contributed by atoms with Gasteiger partial charge < -0.3 is 9.64 Å². The maximum atomic E-state index is 13.2. The lowest BCUT2D eigenvalue weighted by molar-refractivity contribution is -0.127. The lowest BCUT2D eigenvalue weighted by Crippen LogP contribution is -2.29. The molecule has 4 aromatic rings. The first-order chi connectivity index (χ1) is 16.4. The van der Waals surface area contributed by atoms with Crippen molar-refractivity contribution in [2.45, 2.75) is 32.1 Å². The monoisotopic (exact) mass is 497 g/mol. The summed E-state index contributed by atoms with van der Waals surface area (Å²) in [5.74, 6) is 0.126. The molecular formula is C24H27N5O3S2. The summed E-state index contributed by atoms with van der Waals surface area (Å²) in [6, 6.07) is 9.83. The van der Waals surface area contributed by atoms with E-state index in [2.05, 4.69) is 5.10 Å². The van der Waals surface area contributed by atoms with Gasteiger partial charge in [0.1, 0.15) is 4.83 Å². The average molecular weight is 498 g/mol. The van der Waals surface area contributed by atoms with Crippen molar-refractivity contribution in [3.05, 3.63) is 69.1 Å². The van der Waals surface area contributed by atoms with Crippen molar-refractivity contribution in [2.75, 3.05) is 26.5 Å². The second kappa shape index (κ2) is 10.5. The van der Waals surface area contributed by atoms with Crippen molar-refractivity contribution in [3.8, 4) is 5.69 Å². The number of nitrogens with zero attached hydrogens (tertiary/aromatic N) is 5. The highest BCUT2D eigenvalue weighted by Gasteiger charge is 2.19. The number of thioether (sulfide) groups is 1. The molecule has 0 unspecified atom stereocenters. The van der Waals surface area contributed by atoms with Gasteiger partial charge in [-0.25, -0.2) is 9.67 Å². The molecule has 4 rings (SSSR count). The fourth-order valence-corrected chi connectivity index (χ4v) is 5.60. The van der Waals surface area contributed by atoms with Crippen LogP contribution in [-0.2, 0) is 22.6 Å². The van der Waals surface area contributed by atoms with Crippen LogP contribution < -0.4 is 5.56 Å². The first kappa shape index (κ1) is 24.2. The number of aromatic nitrogens is 4. The quantitative estimate of drug-likeness (QED) is 0.259. The Labute approximate surface area is 206 Å². The molecule has 0 aliphatic rings. The van der Waals surface area contributed by atoms with E-state index in [1.54, 1.807) is 34.5 Å².